The van der Waals surface area contributed by atoms with Crippen LogP contribution in [0.1, 0.15) is 10.4 Å². The van der Waals surface area contributed by atoms with Crippen molar-refractivity contribution in [3.8, 4) is 0 Å². The smallest absolute Gasteiger partial charge is 0.225 e. The molecule has 0 saturated carbocycles. The van der Waals surface area contributed by atoms with Gasteiger partial charge in [0.2, 0.25) is 5.91 Å². The first-order chi connectivity index (χ1) is 9.72. The summed E-state index contributed by atoms with van der Waals surface area (Å²) in [5.41, 5.74) is 2.37. The molecular weight excluding hydrogens is 336 g/mol. The van der Waals surface area contributed by atoms with Crippen LogP contribution >= 0.6 is 27.3 Å². The summed E-state index contributed by atoms with van der Waals surface area (Å²) in [5, 5.41) is 8.38. The topological polar surface area (TPSA) is 41.1 Å². The molecule has 3 nitrogen and oxygen atoms in total. The molecule has 0 fully saturated rings. The second kappa shape index (κ2) is 5.97. The van der Waals surface area contributed by atoms with Crippen LogP contribution in [0.3, 0.4) is 0 Å². The van der Waals surface area contributed by atoms with Crippen molar-refractivity contribution in [1.29, 1.82) is 0 Å². The van der Waals surface area contributed by atoms with Crippen LogP contribution in [-0.4, -0.2) is 12.5 Å². The van der Waals surface area contributed by atoms with Gasteiger partial charge < -0.3 is 10.6 Å². The van der Waals surface area contributed by atoms with Gasteiger partial charge in [-0.05, 0) is 40.0 Å². The number of carbonyl (C=O) groups excluding carboxylic acids is 1. The van der Waals surface area contributed by atoms with Crippen LogP contribution in [0.25, 0.3) is 0 Å². The van der Waals surface area contributed by atoms with Gasteiger partial charge in [-0.2, -0.15) is 0 Å². The Kier molecular flexibility index (Phi) is 4.08. The zero-order valence-corrected chi connectivity index (χ0v) is 13.3. The van der Waals surface area contributed by atoms with E-state index in [1.165, 1.54) is 5.56 Å². The maximum atomic E-state index is 12.2. The van der Waals surface area contributed by atoms with Gasteiger partial charge in [-0.1, -0.05) is 18.2 Å². The molecule has 1 atom stereocenters. The summed E-state index contributed by atoms with van der Waals surface area (Å²) in [6.07, 6.45) is 0.809. The Labute approximate surface area is 130 Å². The van der Waals surface area contributed by atoms with E-state index in [9.17, 15) is 4.79 Å². The van der Waals surface area contributed by atoms with Gasteiger partial charge in [0.15, 0.2) is 0 Å². The molecule has 0 radical (unpaired) electrons. The Hall–Kier alpha value is -1.33. The van der Waals surface area contributed by atoms with Gasteiger partial charge in [0.1, 0.15) is 0 Å². The molecule has 3 rings (SSSR count). The molecule has 0 bridgehead atoms. The molecular formula is C15H15BrN2OS. The Morgan fingerprint density at radius 2 is 2.30 bits per heavy atom. The van der Waals surface area contributed by atoms with E-state index in [-0.39, 0.29) is 11.8 Å². The van der Waals surface area contributed by atoms with Crippen LogP contribution in [0.2, 0.25) is 0 Å². The van der Waals surface area contributed by atoms with Gasteiger partial charge in [-0.25, -0.2) is 0 Å². The number of para-hydroxylation sites is 1. The van der Waals surface area contributed by atoms with E-state index in [1.54, 1.807) is 11.3 Å². The normalized spacial score (nSPS) is 17.1. The predicted molar refractivity (Wildman–Crippen MR) is 86.0 cm³/mol. The van der Waals surface area contributed by atoms with Crippen molar-refractivity contribution in [3.05, 3.63) is 50.6 Å². The first kappa shape index (κ1) is 13.6. The number of thiophene rings is 1. The minimum absolute atomic E-state index is 0.00769. The van der Waals surface area contributed by atoms with Crippen molar-refractivity contribution in [2.24, 2.45) is 5.92 Å². The fraction of sp³-hybridized carbons (Fsp3) is 0.267. The number of hydrogen-bond donors (Lipinski definition) is 2. The summed E-state index contributed by atoms with van der Waals surface area (Å²) in [7, 11) is 0. The van der Waals surface area contributed by atoms with Crippen LogP contribution in [0.5, 0.6) is 0 Å². The molecule has 0 aliphatic carbocycles. The zero-order chi connectivity index (χ0) is 13.9. The van der Waals surface area contributed by atoms with E-state index in [1.807, 2.05) is 23.6 Å². The first-order valence-electron chi connectivity index (χ1n) is 6.55. The molecule has 2 aromatic rings. The van der Waals surface area contributed by atoms with Crippen LogP contribution in [0.4, 0.5) is 5.69 Å². The first-order valence-corrected chi connectivity index (χ1v) is 8.22. The summed E-state index contributed by atoms with van der Waals surface area (Å²) in [6, 6.07) is 10.2. The second-order valence-electron chi connectivity index (χ2n) is 4.89. The van der Waals surface area contributed by atoms with Gasteiger partial charge >= 0.3 is 0 Å². The van der Waals surface area contributed by atoms with Crippen LogP contribution in [-0.2, 0) is 17.8 Å². The minimum Gasteiger partial charge on any atom is -0.384 e. The van der Waals surface area contributed by atoms with Crippen LogP contribution in [0, 0.1) is 5.92 Å². The van der Waals surface area contributed by atoms with Crippen molar-refractivity contribution in [2.45, 2.75) is 13.0 Å². The Morgan fingerprint density at radius 1 is 1.45 bits per heavy atom. The molecule has 1 aromatic heterocycles. The maximum absolute atomic E-state index is 12.2. The van der Waals surface area contributed by atoms with Crippen molar-refractivity contribution < 1.29 is 4.79 Å². The lowest BCUT2D eigenvalue weighted by molar-refractivity contribution is -0.124. The fourth-order valence-electron chi connectivity index (χ4n) is 2.39. The predicted octanol–water partition coefficient (Wildman–Crippen LogP) is 3.41. The maximum Gasteiger partial charge on any atom is 0.225 e. The van der Waals surface area contributed by atoms with Crippen LogP contribution in [0.15, 0.2) is 40.2 Å². The SMILES string of the molecule is O=C(NCc1cc(Br)cs1)C1CNc2ccccc2C1. The molecule has 0 saturated heterocycles. The number of rotatable bonds is 3. The number of anilines is 1. The number of nitrogens with one attached hydrogen (secondary N) is 2. The highest BCUT2D eigenvalue weighted by Gasteiger charge is 2.23. The third-order valence-corrected chi connectivity index (χ3v) is 5.15. The average Bonchev–Trinajstić information content (AvgIpc) is 2.90. The quantitative estimate of drug-likeness (QED) is 0.890. The molecule has 1 aliphatic heterocycles. The molecule has 0 spiro atoms. The summed E-state index contributed by atoms with van der Waals surface area (Å²) in [5.74, 6) is 0.129. The Balaban J connectivity index is 1.59. The average molecular weight is 351 g/mol. The second-order valence-corrected chi connectivity index (χ2v) is 6.80. The van der Waals surface area contributed by atoms with E-state index in [0.717, 1.165) is 21.5 Å². The lowest BCUT2D eigenvalue weighted by Crippen LogP contribution is -2.37. The van der Waals surface area contributed by atoms with Crippen molar-refractivity contribution in [1.82, 2.24) is 5.32 Å². The Bertz CT molecular complexity index is 626. The van der Waals surface area contributed by atoms with Crippen LogP contribution < -0.4 is 10.6 Å². The minimum atomic E-state index is 0.00769. The monoisotopic (exact) mass is 350 g/mol. The summed E-state index contributed by atoms with van der Waals surface area (Å²) < 4.78 is 1.07. The van der Waals surface area contributed by atoms with E-state index in [2.05, 4.69) is 38.7 Å². The molecule has 1 aromatic carbocycles. The Morgan fingerprint density at radius 3 is 3.10 bits per heavy atom. The van der Waals surface area contributed by atoms with Gasteiger partial charge in [0.25, 0.3) is 0 Å². The summed E-state index contributed by atoms with van der Waals surface area (Å²) in [4.78, 5) is 13.4. The van der Waals surface area contributed by atoms with Crippen molar-refractivity contribution in [2.75, 3.05) is 11.9 Å². The van der Waals surface area contributed by atoms with Gasteiger partial charge in [-0.15, -0.1) is 11.3 Å². The van der Waals surface area contributed by atoms with E-state index in [0.29, 0.717) is 13.1 Å². The summed E-state index contributed by atoms with van der Waals surface area (Å²) >= 11 is 5.07. The number of amides is 1. The summed E-state index contributed by atoms with van der Waals surface area (Å²) in [6.45, 7) is 1.31. The lowest BCUT2D eigenvalue weighted by Gasteiger charge is -2.25. The van der Waals surface area contributed by atoms with Gasteiger partial charge in [0.05, 0.1) is 12.5 Å². The molecule has 1 amide bonds. The number of halogens is 1. The van der Waals surface area contributed by atoms with Gasteiger partial charge in [-0.3, -0.25) is 4.79 Å². The molecule has 20 heavy (non-hydrogen) atoms. The molecule has 1 unspecified atom stereocenters. The number of hydrogen-bond acceptors (Lipinski definition) is 3. The van der Waals surface area contributed by atoms with E-state index in [4.69, 9.17) is 0 Å². The molecule has 2 N–H and O–H groups in total. The standard InChI is InChI=1S/C15H15BrN2OS/c16-12-6-13(20-9-12)8-18-15(19)11-5-10-3-1-2-4-14(10)17-7-11/h1-4,6,9,11,17H,5,7-8H2,(H,18,19). The third kappa shape index (κ3) is 3.04. The van der Waals surface area contributed by atoms with E-state index < -0.39 is 0 Å². The molecule has 1 aliphatic rings. The molecule has 2 heterocycles. The molecule has 104 valence electrons. The highest BCUT2D eigenvalue weighted by molar-refractivity contribution is 9.10. The highest BCUT2D eigenvalue weighted by atomic mass is 79.9. The number of carbonyl (C=O) groups is 1. The van der Waals surface area contributed by atoms with Crippen molar-refractivity contribution in [3.63, 3.8) is 0 Å². The third-order valence-electron chi connectivity index (χ3n) is 3.45. The molecule has 5 heteroatoms. The van der Waals surface area contributed by atoms with Crippen molar-refractivity contribution >= 4 is 38.9 Å². The number of fused-ring (bicyclic) bond motifs is 1. The largest absolute Gasteiger partial charge is 0.384 e. The van der Waals surface area contributed by atoms with E-state index >= 15 is 0 Å². The number of benzene rings is 1. The lowest BCUT2D eigenvalue weighted by atomic mass is 9.93. The zero-order valence-electron chi connectivity index (χ0n) is 10.9. The van der Waals surface area contributed by atoms with Gasteiger partial charge in [0, 0.05) is 27.0 Å². The fourth-order valence-corrected chi connectivity index (χ4v) is 3.78. The highest BCUT2D eigenvalue weighted by Crippen LogP contribution is 2.24.